The fourth-order valence-corrected chi connectivity index (χ4v) is 8.19. The van der Waals surface area contributed by atoms with Crippen LogP contribution in [0.2, 0.25) is 0 Å². The largest absolute Gasteiger partial charge is 0.462 e. The van der Waals surface area contributed by atoms with Crippen LogP contribution in [0.15, 0.2) is 0 Å². The minimum Gasteiger partial charge on any atom is -0.462 e. The van der Waals surface area contributed by atoms with Crippen molar-refractivity contribution in [2.24, 2.45) is 5.92 Å². The van der Waals surface area contributed by atoms with Crippen molar-refractivity contribution < 1.29 is 28.6 Å². The van der Waals surface area contributed by atoms with E-state index in [0.29, 0.717) is 19.3 Å². The Balaban J connectivity index is 4.21. The first-order valence-corrected chi connectivity index (χ1v) is 26.9. The lowest BCUT2D eigenvalue weighted by Gasteiger charge is -2.18. The van der Waals surface area contributed by atoms with Crippen LogP contribution in [0.4, 0.5) is 0 Å². The van der Waals surface area contributed by atoms with Gasteiger partial charge in [0.25, 0.3) is 0 Å². The summed E-state index contributed by atoms with van der Waals surface area (Å²) in [5.74, 6) is 0.0517. The molecule has 0 aliphatic rings. The molecule has 0 aromatic heterocycles. The molecule has 0 aromatic carbocycles. The van der Waals surface area contributed by atoms with Gasteiger partial charge in [-0.05, 0) is 25.2 Å². The third kappa shape index (κ3) is 45.9. The molecular weight excluding hydrogens is 745 g/mol. The molecule has 0 radical (unpaired) electrons. The Hall–Kier alpha value is -1.59. The van der Waals surface area contributed by atoms with E-state index in [0.717, 1.165) is 63.7 Å². The number of rotatable bonds is 49. The van der Waals surface area contributed by atoms with E-state index in [9.17, 15) is 14.4 Å². The van der Waals surface area contributed by atoms with Crippen molar-refractivity contribution in [2.75, 3.05) is 13.2 Å². The standard InChI is InChI=1S/C54H104O6/c1-5-8-10-12-14-16-17-18-19-23-26-30-33-37-41-45-52(55)58-48-51(60-54(57)47-43-39-35-28-15-13-11-9-6-2)49-59-53(56)46-42-38-34-31-27-24-21-20-22-25-29-32-36-40-44-50(4)7-3/h50-51H,5-49H2,1-4H3/t50?,51-/m1/s1. The molecule has 0 fully saturated rings. The molecule has 0 aromatic rings. The van der Waals surface area contributed by atoms with Crippen molar-refractivity contribution in [3.05, 3.63) is 0 Å². The number of ether oxygens (including phenoxy) is 3. The summed E-state index contributed by atoms with van der Waals surface area (Å²) in [5, 5.41) is 0. The molecule has 6 nitrogen and oxygen atoms in total. The first-order valence-electron chi connectivity index (χ1n) is 26.9. The summed E-state index contributed by atoms with van der Waals surface area (Å²) in [5.41, 5.74) is 0. The zero-order chi connectivity index (χ0) is 43.8. The molecule has 0 spiro atoms. The SMILES string of the molecule is CCCCCCCCCCCCCCCCCC(=O)OC[C@H](COC(=O)CCCCCCCCCCCCCCCCC(C)CC)OC(=O)CCCCCCCCCCC. The zero-order valence-electron chi connectivity index (χ0n) is 40.9. The molecule has 0 N–H and O–H groups in total. The van der Waals surface area contributed by atoms with Gasteiger partial charge >= 0.3 is 17.9 Å². The number of hydrogen-bond acceptors (Lipinski definition) is 6. The van der Waals surface area contributed by atoms with Gasteiger partial charge in [-0.1, -0.05) is 265 Å². The average molecular weight is 849 g/mol. The van der Waals surface area contributed by atoms with Crippen LogP contribution in [0.5, 0.6) is 0 Å². The van der Waals surface area contributed by atoms with Crippen LogP contribution in [0, 0.1) is 5.92 Å². The molecule has 1 unspecified atom stereocenters. The second-order valence-electron chi connectivity index (χ2n) is 18.8. The van der Waals surface area contributed by atoms with Gasteiger partial charge in [0.2, 0.25) is 0 Å². The van der Waals surface area contributed by atoms with Gasteiger partial charge < -0.3 is 14.2 Å². The summed E-state index contributed by atoms with van der Waals surface area (Å²) in [7, 11) is 0. The van der Waals surface area contributed by atoms with E-state index >= 15 is 0 Å². The molecule has 0 heterocycles. The highest BCUT2D eigenvalue weighted by molar-refractivity contribution is 5.71. The van der Waals surface area contributed by atoms with Crippen LogP contribution in [-0.2, 0) is 28.6 Å². The molecule has 0 bridgehead atoms. The molecule has 0 aliphatic carbocycles. The van der Waals surface area contributed by atoms with Gasteiger partial charge in [0.1, 0.15) is 13.2 Å². The van der Waals surface area contributed by atoms with Crippen LogP contribution >= 0.6 is 0 Å². The summed E-state index contributed by atoms with van der Waals surface area (Å²) in [6.07, 6.45) is 50.8. The van der Waals surface area contributed by atoms with Crippen LogP contribution in [0.3, 0.4) is 0 Å². The van der Waals surface area contributed by atoms with Gasteiger partial charge in [0.15, 0.2) is 6.10 Å². The minimum absolute atomic E-state index is 0.0626. The van der Waals surface area contributed by atoms with E-state index < -0.39 is 6.10 Å². The van der Waals surface area contributed by atoms with Crippen molar-refractivity contribution in [1.29, 1.82) is 0 Å². The third-order valence-electron chi connectivity index (χ3n) is 12.7. The Labute approximate surface area is 374 Å². The maximum atomic E-state index is 12.7. The molecule has 2 atom stereocenters. The van der Waals surface area contributed by atoms with E-state index in [2.05, 4.69) is 27.7 Å². The van der Waals surface area contributed by atoms with E-state index in [1.54, 1.807) is 0 Å². The maximum absolute atomic E-state index is 12.7. The summed E-state index contributed by atoms with van der Waals surface area (Å²) in [6.45, 7) is 9.06. The quantitative estimate of drug-likeness (QED) is 0.0345. The molecule has 0 amide bonds. The second-order valence-corrected chi connectivity index (χ2v) is 18.8. The van der Waals surface area contributed by atoms with Crippen molar-refractivity contribution in [1.82, 2.24) is 0 Å². The van der Waals surface area contributed by atoms with Gasteiger partial charge in [0.05, 0.1) is 0 Å². The van der Waals surface area contributed by atoms with Crippen LogP contribution in [0.1, 0.15) is 304 Å². The fraction of sp³-hybridized carbons (Fsp3) is 0.944. The Bertz CT molecular complexity index is 905. The normalized spacial score (nSPS) is 12.4. The molecular formula is C54H104O6. The first-order chi connectivity index (χ1) is 29.4. The van der Waals surface area contributed by atoms with Gasteiger partial charge in [0, 0.05) is 19.3 Å². The topological polar surface area (TPSA) is 78.9 Å². The molecule has 6 heteroatoms. The lowest BCUT2D eigenvalue weighted by Crippen LogP contribution is -2.30. The Morgan fingerprint density at radius 2 is 0.583 bits per heavy atom. The molecule has 60 heavy (non-hydrogen) atoms. The summed E-state index contributed by atoms with van der Waals surface area (Å²) in [4.78, 5) is 37.9. The number of carbonyl (C=O) groups excluding carboxylic acids is 3. The molecule has 0 aliphatic heterocycles. The molecule has 0 rings (SSSR count). The Morgan fingerprint density at radius 3 is 0.867 bits per heavy atom. The van der Waals surface area contributed by atoms with Crippen molar-refractivity contribution in [2.45, 2.75) is 310 Å². The molecule has 0 saturated heterocycles. The second kappa shape index (κ2) is 48.4. The van der Waals surface area contributed by atoms with Crippen molar-refractivity contribution in [3.63, 3.8) is 0 Å². The summed E-state index contributed by atoms with van der Waals surface area (Å²) in [6, 6.07) is 0. The fourth-order valence-electron chi connectivity index (χ4n) is 8.19. The summed E-state index contributed by atoms with van der Waals surface area (Å²) >= 11 is 0. The first kappa shape index (κ1) is 58.4. The number of hydrogen-bond donors (Lipinski definition) is 0. The minimum atomic E-state index is -0.760. The number of unbranched alkanes of at least 4 members (excludes halogenated alkanes) is 35. The van der Waals surface area contributed by atoms with Gasteiger partial charge in [-0.15, -0.1) is 0 Å². The van der Waals surface area contributed by atoms with Crippen LogP contribution in [0.25, 0.3) is 0 Å². The lowest BCUT2D eigenvalue weighted by molar-refractivity contribution is -0.167. The van der Waals surface area contributed by atoms with E-state index in [4.69, 9.17) is 14.2 Å². The highest BCUT2D eigenvalue weighted by Crippen LogP contribution is 2.18. The van der Waals surface area contributed by atoms with Gasteiger partial charge in [-0.25, -0.2) is 0 Å². The van der Waals surface area contributed by atoms with E-state index in [1.165, 1.54) is 199 Å². The van der Waals surface area contributed by atoms with Crippen LogP contribution < -0.4 is 0 Å². The highest BCUT2D eigenvalue weighted by atomic mass is 16.6. The monoisotopic (exact) mass is 849 g/mol. The highest BCUT2D eigenvalue weighted by Gasteiger charge is 2.19. The molecule has 356 valence electrons. The predicted molar refractivity (Wildman–Crippen MR) is 257 cm³/mol. The summed E-state index contributed by atoms with van der Waals surface area (Å²) < 4.78 is 16.8. The van der Waals surface area contributed by atoms with Crippen molar-refractivity contribution in [3.8, 4) is 0 Å². The van der Waals surface area contributed by atoms with Crippen LogP contribution in [-0.4, -0.2) is 37.2 Å². The van der Waals surface area contributed by atoms with Gasteiger partial charge in [-0.3, -0.25) is 14.4 Å². The predicted octanol–water partition coefficient (Wildman–Crippen LogP) is 17.5. The van der Waals surface area contributed by atoms with Gasteiger partial charge in [-0.2, -0.15) is 0 Å². The Morgan fingerprint density at radius 1 is 0.333 bits per heavy atom. The van der Waals surface area contributed by atoms with Crippen molar-refractivity contribution >= 4 is 17.9 Å². The Kier molecular flexibility index (Phi) is 47.2. The third-order valence-corrected chi connectivity index (χ3v) is 12.7. The smallest absolute Gasteiger partial charge is 0.306 e. The number of esters is 3. The zero-order valence-corrected chi connectivity index (χ0v) is 40.9. The van der Waals surface area contributed by atoms with E-state index in [1.807, 2.05) is 0 Å². The molecule has 0 saturated carbocycles. The maximum Gasteiger partial charge on any atom is 0.306 e. The van der Waals surface area contributed by atoms with E-state index in [-0.39, 0.29) is 31.1 Å². The average Bonchev–Trinajstić information content (AvgIpc) is 3.25. The number of carbonyl (C=O) groups is 3. The lowest BCUT2D eigenvalue weighted by atomic mass is 9.99.